The van der Waals surface area contributed by atoms with E-state index < -0.39 is 0 Å². The van der Waals surface area contributed by atoms with Crippen LogP contribution in [-0.4, -0.2) is 49.7 Å². The molecule has 0 unspecified atom stereocenters. The first-order valence-electron chi connectivity index (χ1n) is 6.62. The number of aliphatic hydroxyl groups excluding tert-OH is 1. The topological polar surface area (TPSA) is 113 Å². The van der Waals surface area contributed by atoms with E-state index in [1.807, 2.05) is 6.92 Å². The smallest absolute Gasteiger partial charge is 0.262 e. The number of hydrogen-bond donors (Lipinski definition) is 3. The first-order valence-corrected chi connectivity index (χ1v) is 7.60. The first kappa shape index (κ1) is 15.5. The Morgan fingerprint density at radius 2 is 2.38 bits per heavy atom. The number of amides is 1. The van der Waals surface area contributed by atoms with Crippen LogP contribution in [0.2, 0.25) is 0 Å². The number of fused-ring (bicyclic) bond motifs is 1. The third-order valence-corrected chi connectivity index (χ3v) is 3.58. The molecular formula is C12H17N5O3S. The molecule has 2 rings (SSSR count). The van der Waals surface area contributed by atoms with Crippen LogP contribution in [-0.2, 0) is 11.3 Å². The fourth-order valence-corrected chi connectivity index (χ4v) is 2.41. The van der Waals surface area contributed by atoms with Gasteiger partial charge in [0.1, 0.15) is 5.39 Å². The lowest BCUT2D eigenvalue weighted by molar-refractivity contribution is -0.118. The van der Waals surface area contributed by atoms with Crippen molar-refractivity contribution in [2.75, 3.05) is 18.9 Å². The molecule has 9 heteroatoms. The van der Waals surface area contributed by atoms with E-state index in [4.69, 9.17) is 5.11 Å². The van der Waals surface area contributed by atoms with Crippen molar-refractivity contribution in [1.29, 1.82) is 0 Å². The van der Waals surface area contributed by atoms with Crippen molar-refractivity contribution in [2.45, 2.75) is 25.0 Å². The van der Waals surface area contributed by atoms with Gasteiger partial charge in [-0.05, 0) is 6.42 Å². The molecule has 2 heterocycles. The second-order valence-electron chi connectivity index (χ2n) is 4.34. The van der Waals surface area contributed by atoms with Crippen LogP contribution in [0.3, 0.4) is 0 Å². The van der Waals surface area contributed by atoms with Gasteiger partial charge in [-0.15, -0.1) is 0 Å². The zero-order valence-electron chi connectivity index (χ0n) is 11.6. The van der Waals surface area contributed by atoms with Crippen LogP contribution in [0.5, 0.6) is 0 Å². The fourth-order valence-electron chi connectivity index (χ4n) is 1.72. The van der Waals surface area contributed by atoms with Gasteiger partial charge >= 0.3 is 0 Å². The van der Waals surface area contributed by atoms with Gasteiger partial charge in [0.15, 0.2) is 10.8 Å². The molecular weight excluding hydrogens is 294 g/mol. The summed E-state index contributed by atoms with van der Waals surface area (Å²) in [6.07, 6.45) is 2.29. The lowest BCUT2D eigenvalue weighted by Gasteiger charge is -2.04. The number of nitrogens with one attached hydrogen (secondary N) is 2. The molecule has 0 fully saturated rings. The molecule has 0 aliphatic heterocycles. The molecule has 0 aliphatic rings. The summed E-state index contributed by atoms with van der Waals surface area (Å²) in [5.41, 5.74) is 0.102. The van der Waals surface area contributed by atoms with E-state index >= 15 is 0 Å². The fraction of sp³-hybridized carbons (Fsp3) is 0.500. The van der Waals surface area contributed by atoms with Gasteiger partial charge in [-0.1, -0.05) is 18.7 Å². The molecule has 2 aromatic rings. The number of rotatable bonds is 7. The van der Waals surface area contributed by atoms with E-state index in [0.29, 0.717) is 22.7 Å². The number of aromatic nitrogens is 4. The van der Waals surface area contributed by atoms with Crippen molar-refractivity contribution >= 4 is 28.7 Å². The van der Waals surface area contributed by atoms with Crippen molar-refractivity contribution in [3.63, 3.8) is 0 Å². The summed E-state index contributed by atoms with van der Waals surface area (Å²) in [5, 5.41) is 16.4. The molecule has 21 heavy (non-hydrogen) atoms. The average Bonchev–Trinajstić information content (AvgIpc) is 2.87. The standard InChI is InChI=1S/C12H17N5O3S/c1-2-3-13-9(19)7-21-12-15-10-8(11(20)16-12)6-14-17(10)4-5-18/h6,18H,2-5,7H2,1H3,(H,13,19)(H,15,16,20). The maximum absolute atomic E-state index is 11.9. The Balaban J connectivity index is 2.15. The van der Waals surface area contributed by atoms with Crippen LogP contribution in [0.15, 0.2) is 16.1 Å². The first-order chi connectivity index (χ1) is 10.2. The molecule has 0 radical (unpaired) electrons. The Hall–Kier alpha value is -1.87. The Labute approximate surface area is 125 Å². The Morgan fingerprint density at radius 3 is 3.10 bits per heavy atom. The Kier molecular flexibility index (Phi) is 5.34. The van der Waals surface area contributed by atoms with E-state index in [0.717, 1.165) is 18.2 Å². The van der Waals surface area contributed by atoms with Crippen LogP contribution >= 0.6 is 11.8 Å². The van der Waals surface area contributed by atoms with Crippen molar-refractivity contribution in [2.24, 2.45) is 0 Å². The highest BCUT2D eigenvalue weighted by Crippen LogP contribution is 2.14. The summed E-state index contributed by atoms with van der Waals surface area (Å²) in [4.78, 5) is 30.4. The summed E-state index contributed by atoms with van der Waals surface area (Å²) < 4.78 is 1.46. The molecule has 2 aromatic heterocycles. The molecule has 0 atom stereocenters. The molecule has 3 N–H and O–H groups in total. The van der Waals surface area contributed by atoms with Gasteiger partial charge in [-0.3, -0.25) is 9.59 Å². The van der Waals surface area contributed by atoms with E-state index in [1.165, 1.54) is 10.9 Å². The van der Waals surface area contributed by atoms with Crippen molar-refractivity contribution < 1.29 is 9.90 Å². The van der Waals surface area contributed by atoms with E-state index in [2.05, 4.69) is 20.4 Å². The molecule has 0 saturated heterocycles. The number of carbonyl (C=O) groups is 1. The number of carbonyl (C=O) groups excluding carboxylic acids is 1. The molecule has 0 saturated carbocycles. The quantitative estimate of drug-likeness (QED) is 0.479. The number of nitrogens with zero attached hydrogens (tertiary/aromatic N) is 3. The second kappa shape index (κ2) is 7.23. The molecule has 0 bridgehead atoms. The number of thioether (sulfide) groups is 1. The minimum absolute atomic E-state index is 0.0901. The highest BCUT2D eigenvalue weighted by Gasteiger charge is 2.11. The van der Waals surface area contributed by atoms with Crippen LogP contribution in [0.1, 0.15) is 13.3 Å². The molecule has 1 amide bonds. The van der Waals surface area contributed by atoms with Gasteiger partial charge in [0.05, 0.1) is 25.1 Å². The van der Waals surface area contributed by atoms with Crippen molar-refractivity contribution in [1.82, 2.24) is 25.1 Å². The minimum atomic E-state index is -0.305. The molecule has 0 aliphatic carbocycles. The van der Waals surface area contributed by atoms with Gasteiger partial charge in [0.25, 0.3) is 5.56 Å². The van der Waals surface area contributed by atoms with E-state index in [-0.39, 0.29) is 30.4 Å². The normalized spacial score (nSPS) is 11.0. The maximum Gasteiger partial charge on any atom is 0.262 e. The minimum Gasteiger partial charge on any atom is -0.394 e. The van der Waals surface area contributed by atoms with Gasteiger partial charge in [0, 0.05) is 6.54 Å². The number of aromatic amines is 1. The van der Waals surface area contributed by atoms with Gasteiger partial charge in [-0.25, -0.2) is 9.67 Å². The molecule has 0 aromatic carbocycles. The predicted molar refractivity (Wildman–Crippen MR) is 79.3 cm³/mol. The van der Waals surface area contributed by atoms with E-state index in [1.54, 1.807) is 0 Å². The number of aliphatic hydroxyl groups is 1. The lowest BCUT2D eigenvalue weighted by atomic mass is 10.4. The van der Waals surface area contributed by atoms with E-state index in [9.17, 15) is 9.59 Å². The second-order valence-corrected chi connectivity index (χ2v) is 5.30. The van der Waals surface area contributed by atoms with Gasteiger partial charge in [0.2, 0.25) is 5.91 Å². The summed E-state index contributed by atoms with van der Waals surface area (Å²) in [6.45, 7) is 2.78. The summed E-state index contributed by atoms with van der Waals surface area (Å²) in [6, 6.07) is 0. The molecule has 114 valence electrons. The zero-order chi connectivity index (χ0) is 15.2. The van der Waals surface area contributed by atoms with Crippen molar-refractivity contribution in [3.8, 4) is 0 Å². The van der Waals surface area contributed by atoms with Crippen LogP contribution in [0, 0.1) is 0 Å². The van der Waals surface area contributed by atoms with Crippen LogP contribution < -0.4 is 10.9 Å². The summed E-state index contributed by atoms with van der Waals surface area (Å²) in [7, 11) is 0. The SMILES string of the molecule is CCCNC(=O)CSc1nc2c(cnn2CCO)c(=O)[nH]1. The van der Waals surface area contributed by atoms with Gasteiger partial charge in [-0.2, -0.15) is 5.10 Å². The summed E-state index contributed by atoms with van der Waals surface area (Å²) in [5.74, 6) is 0.0798. The number of hydrogen-bond acceptors (Lipinski definition) is 6. The highest BCUT2D eigenvalue weighted by atomic mass is 32.2. The third-order valence-electron chi connectivity index (χ3n) is 2.71. The van der Waals surface area contributed by atoms with Crippen LogP contribution in [0.4, 0.5) is 0 Å². The predicted octanol–water partition coefficient (Wildman–Crippen LogP) is -0.270. The van der Waals surface area contributed by atoms with Crippen molar-refractivity contribution in [3.05, 3.63) is 16.6 Å². The molecule has 8 nitrogen and oxygen atoms in total. The third kappa shape index (κ3) is 3.82. The monoisotopic (exact) mass is 311 g/mol. The Morgan fingerprint density at radius 1 is 1.57 bits per heavy atom. The highest BCUT2D eigenvalue weighted by molar-refractivity contribution is 7.99. The largest absolute Gasteiger partial charge is 0.394 e. The Bertz CT molecular complexity index is 681. The lowest BCUT2D eigenvalue weighted by Crippen LogP contribution is -2.26. The zero-order valence-corrected chi connectivity index (χ0v) is 12.4. The average molecular weight is 311 g/mol. The maximum atomic E-state index is 11.9. The van der Waals surface area contributed by atoms with Gasteiger partial charge < -0.3 is 15.4 Å². The molecule has 0 spiro atoms. The number of H-pyrrole nitrogens is 1. The van der Waals surface area contributed by atoms with Crippen LogP contribution in [0.25, 0.3) is 11.0 Å². The summed E-state index contributed by atoms with van der Waals surface area (Å²) >= 11 is 1.16.